The van der Waals surface area contributed by atoms with Gasteiger partial charge in [-0.1, -0.05) is 25.5 Å². The van der Waals surface area contributed by atoms with E-state index in [4.69, 9.17) is 0 Å². The van der Waals surface area contributed by atoms with Gasteiger partial charge in [-0.05, 0) is 26.2 Å². The van der Waals surface area contributed by atoms with E-state index < -0.39 is 0 Å². The highest BCUT2D eigenvalue weighted by molar-refractivity contribution is 5.17. The first kappa shape index (κ1) is 8.79. The highest BCUT2D eigenvalue weighted by atomic mass is 15.0. The number of hydrogen-bond acceptors (Lipinski definition) is 1. The lowest BCUT2D eigenvalue weighted by molar-refractivity contribution is 0.475. The van der Waals surface area contributed by atoms with Crippen molar-refractivity contribution in [2.24, 2.45) is 5.92 Å². The van der Waals surface area contributed by atoms with Crippen LogP contribution in [0.25, 0.3) is 0 Å². The Hall–Kier alpha value is -0.300. The molecular weight excluding hydrogens is 134 g/mol. The summed E-state index contributed by atoms with van der Waals surface area (Å²) < 4.78 is 0. The van der Waals surface area contributed by atoms with E-state index in [0.29, 0.717) is 12.1 Å². The first-order chi connectivity index (χ1) is 5.09. The first-order valence-corrected chi connectivity index (χ1v) is 4.54. The minimum Gasteiger partial charge on any atom is -0.304 e. The predicted octanol–water partition coefficient (Wildman–Crippen LogP) is 2.34. The van der Waals surface area contributed by atoms with Crippen molar-refractivity contribution in [1.82, 2.24) is 5.32 Å². The van der Waals surface area contributed by atoms with Gasteiger partial charge < -0.3 is 5.32 Å². The maximum atomic E-state index is 3.54. The normalized spacial score (nSPS) is 31.2. The van der Waals surface area contributed by atoms with Crippen LogP contribution in [0.5, 0.6) is 0 Å². The number of nitrogens with one attached hydrogen (secondary N) is 1. The lowest BCUT2D eigenvalue weighted by atomic mass is 10.0. The van der Waals surface area contributed by atoms with Crippen LogP contribution in [-0.4, -0.2) is 12.1 Å². The van der Waals surface area contributed by atoms with Crippen molar-refractivity contribution in [1.29, 1.82) is 0 Å². The van der Waals surface area contributed by atoms with Crippen molar-refractivity contribution in [3.05, 3.63) is 11.6 Å². The molecule has 0 aliphatic carbocycles. The van der Waals surface area contributed by atoms with E-state index >= 15 is 0 Å². The van der Waals surface area contributed by atoms with Crippen molar-refractivity contribution in [3.8, 4) is 0 Å². The monoisotopic (exact) mass is 153 g/mol. The van der Waals surface area contributed by atoms with E-state index in [-0.39, 0.29) is 0 Å². The van der Waals surface area contributed by atoms with E-state index in [1.807, 2.05) is 0 Å². The van der Waals surface area contributed by atoms with Crippen LogP contribution in [0.3, 0.4) is 0 Å². The molecule has 0 amide bonds. The van der Waals surface area contributed by atoms with Crippen molar-refractivity contribution in [3.63, 3.8) is 0 Å². The van der Waals surface area contributed by atoms with Crippen LogP contribution in [-0.2, 0) is 0 Å². The summed E-state index contributed by atoms with van der Waals surface area (Å²) in [4.78, 5) is 0. The zero-order chi connectivity index (χ0) is 8.43. The molecule has 0 fully saturated rings. The van der Waals surface area contributed by atoms with Gasteiger partial charge in [-0.2, -0.15) is 0 Å². The smallest absolute Gasteiger partial charge is 0.0261 e. The molecule has 1 nitrogen and oxygen atoms in total. The molecule has 1 aliphatic rings. The molecule has 0 radical (unpaired) electrons. The SMILES string of the molecule is CC1=CC(CC(C)C)NC1C. The van der Waals surface area contributed by atoms with Crippen molar-refractivity contribution >= 4 is 0 Å². The molecule has 1 heteroatoms. The second-order valence-electron chi connectivity index (χ2n) is 4.04. The van der Waals surface area contributed by atoms with Crippen LogP contribution in [0, 0.1) is 5.92 Å². The molecular formula is C10H19N. The van der Waals surface area contributed by atoms with Gasteiger partial charge in [0.1, 0.15) is 0 Å². The molecule has 0 aromatic carbocycles. The summed E-state index contributed by atoms with van der Waals surface area (Å²) in [5.41, 5.74) is 1.50. The molecule has 1 aliphatic heterocycles. The second-order valence-corrected chi connectivity index (χ2v) is 4.04. The second kappa shape index (κ2) is 3.40. The Labute approximate surface area is 69.9 Å². The summed E-state index contributed by atoms with van der Waals surface area (Å²) in [6.45, 7) is 8.98. The van der Waals surface area contributed by atoms with Gasteiger partial charge in [-0.3, -0.25) is 0 Å². The molecule has 0 aromatic heterocycles. The zero-order valence-corrected chi connectivity index (χ0v) is 8.02. The molecule has 0 spiro atoms. The maximum Gasteiger partial charge on any atom is 0.0261 e. The van der Waals surface area contributed by atoms with E-state index in [9.17, 15) is 0 Å². The third-order valence-corrected chi connectivity index (χ3v) is 2.34. The molecule has 2 atom stereocenters. The van der Waals surface area contributed by atoms with Gasteiger partial charge in [-0.25, -0.2) is 0 Å². The highest BCUT2D eigenvalue weighted by Crippen LogP contribution is 2.16. The summed E-state index contributed by atoms with van der Waals surface area (Å²) in [6, 6.07) is 1.23. The third kappa shape index (κ3) is 2.33. The Morgan fingerprint density at radius 1 is 1.55 bits per heavy atom. The van der Waals surface area contributed by atoms with Gasteiger partial charge in [-0.15, -0.1) is 0 Å². The van der Waals surface area contributed by atoms with Gasteiger partial charge in [0.05, 0.1) is 0 Å². The summed E-state index contributed by atoms with van der Waals surface area (Å²) in [5, 5.41) is 3.54. The topological polar surface area (TPSA) is 12.0 Å². The van der Waals surface area contributed by atoms with Crippen molar-refractivity contribution in [2.45, 2.75) is 46.2 Å². The number of hydrogen-bond donors (Lipinski definition) is 1. The van der Waals surface area contributed by atoms with E-state index in [0.717, 1.165) is 5.92 Å². The van der Waals surface area contributed by atoms with Gasteiger partial charge in [0.15, 0.2) is 0 Å². The highest BCUT2D eigenvalue weighted by Gasteiger charge is 2.18. The first-order valence-electron chi connectivity index (χ1n) is 4.54. The van der Waals surface area contributed by atoms with Crippen LogP contribution in [0.15, 0.2) is 11.6 Å². The fraction of sp³-hybridized carbons (Fsp3) is 0.800. The summed E-state index contributed by atoms with van der Waals surface area (Å²) >= 11 is 0. The predicted molar refractivity (Wildman–Crippen MR) is 49.6 cm³/mol. The third-order valence-electron chi connectivity index (χ3n) is 2.34. The molecule has 0 bridgehead atoms. The quantitative estimate of drug-likeness (QED) is 0.600. The number of rotatable bonds is 2. The molecule has 0 aromatic rings. The average molecular weight is 153 g/mol. The van der Waals surface area contributed by atoms with Crippen LogP contribution < -0.4 is 5.32 Å². The fourth-order valence-electron chi connectivity index (χ4n) is 1.61. The van der Waals surface area contributed by atoms with Gasteiger partial charge in [0.25, 0.3) is 0 Å². The minimum atomic E-state index is 0.596. The Morgan fingerprint density at radius 2 is 2.18 bits per heavy atom. The Morgan fingerprint density at radius 3 is 2.55 bits per heavy atom. The lowest BCUT2D eigenvalue weighted by Crippen LogP contribution is -2.30. The summed E-state index contributed by atoms with van der Waals surface area (Å²) in [6.07, 6.45) is 3.63. The molecule has 2 unspecified atom stereocenters. The molecule has 0 saturated carbocycles. The van der Waals surface area contributed by atoms with Crippen LogP contribution >= 0.6 is 0 Å². The van der Waals surface area contributed by atoms with E-state index in [1.54, 1.807) is 0 Å². The van der Waals surface area contributed by atoms with Crippen LogP contribution in [0.1, 0.15) is 34.1 Å². The van der Waals surface area contributed by atoms with E-state index in [1.165, 1.54) is 12.0 Å². The van der Waals surface area contributed by atoms with Crippen molar-refractivity contribution < 1.29 is 0 Å². The van der Waals surface area contributed by atoms with E-state index in [2.05, 4.69) is 39.1 Å². The largest absolute Gasteiger partial charge is 0.304 e. The standard InChI is InChI=1S/C10H19N/c1-7(2)5-10-6-8(3)9(4)11-10/h6-7,9-11H,5H2,1-4H3. The lowest BCUT2D eigenvalue weighted by Gasteiger charge is -2.13. The Balaban J connectivity index is 2.41. The Bertz CT molecular complexity index is 158. The molecule has 1 heterocycles. The summed E-state index contributed by atoms with van der Waals surface area (Å²) in [7, 11) is 0. The van der Waals surface area contributed by atoms with Crippen LogP contribution in [0.4, 0.5) is 0 Å². The van der Waals surface area contributed by atoms with Crippen LogP contribution in [0.2, 0.25) is 0 Å². The summed E-state index contributed by atoms with van der Waals surface area (Å²) in [5.74, 6) is 0.793. The molecule has 11 heavy (non-hydrogen) atoms. The van der Waals surface area contributed by atoms with Gasteiger partial charge in [0.2, 0.25) is 0 Å². The fourth-order valence-corrected chi connectivity index (χ4v) is 1.61. The zero-order valence-electron chi connectivity index (χ0n) is 8.02. The average Bonchev–Trinajstić information content (AvgIpc) is 2.10. The van der Waals surface area contributed by atoms with Gasteiger partial charge in [0, 0.05) is 12.1 Å². The minimum absolute atomic E-state index is 0.596. The Kier molecular flexibility index (Phi) is 2.72. The molecule has 0 saturated heterocycles. The van der Waals surface area contributed by atoms with Gasteiger partial charge >= 0.3 is 0 Å². The maximum absolute atomic E-state index is 3.54. The molecule has 1 rings (SSSR count). The molecule has 64 valence electrons. The van der Waals surface area contributed by atoms with Crippen molar-refractivity contribution in [2.75, 3.05) is 0 Å². The molecule has 1 N–H and O–H groups in total.